The van der Waals surface area contributed by atoms with Gasteiger partial charge in [-0.25, -0.2) is 14.8 Å². The van der Waals surface area contributed by atoms with Crippen molar-refractivity contribution in [1.82, 2.24) is 61.2 Å². The van der Waals surface area contributed by atoms with E-state index in [0.29, 0.717) is 27.0 Å². The van der Waals surface area contributed by atoms with Crippen LogP contribution in [0.1, 0.15) is 81.1 Å². The highest BCUT2D eigenvalue weighted by Gasteiger charge is 2.50. The molecule has 0 spiro atoms. The number of aromatic hydroxyl groups is 1. The van der Waals surface area contributed by atoms with Crippen molar-refractivity contribution in [2.75, 3.05) is 72.7 Å². The maximum atomic E-state index is 15.0. The topological polar surface area (TPSA) is 480 Å². The van der Waals surface area contributed by atoms with Gasteiger partial charge in [-0.15, -0.1) is 0 Å². The number of amides is 7. The molecule has 3 saturated heterocycles. The molecule has 0 bridgehead atoms. The third-order valence-corrected chi connectivity index (χ3v) is 19.7. The third-order valence-electron chi connectivity index (χ3n) is 18.4. The van der Waals surface area contributed by atoms with E-state index in [-0.39, 0.29) is 42.3 Å². The molecule has 13 atom stereocenters. The Morgan fingerprint density at radius 1 is 0.806 bits per heavy atom. The molecule has 16 N–H and O–H groups in total. The van der Waals surface area contributed by atoms with Gasteiger partial charge in [0, 0.05) is 94.7 Å². The number of carbonyl (C=O) groups is 7. The summed E-state index contributed by atoms with van der Waals surface area (Å²) in [6.45, 7) is 3.27. The SMILES string of the molecule is COCCCCCCN1CC=C(Oc2ccc(-c3nn4cc(-c5ccc(C(=O)NC6C[C@@H](O)CNC(=O)[C@@H]7[C@@H](O)[C@@H](C)CN7C(=O)[C@H]([C@H](O)CCNC(CO)CO)NC(=O)[C@H]([C@H](O)Cc7ccc(O)c(OSOOO)c7)NC(=O)[C@@H]7C[C@@H](O)CN7C(=O)[C@H]([C@@H](C)O)NC6=O)cc5)nc4s3)cc2)CC1. The number of aliphatic hydroxyl groups is 8. The Morgan fingerprint density at radius 2 is 1.51 bits per heavy atom. The van der Waals surface area contributed by atoms with Crippen LogP contribution in [0.25, 0.3) is 26.8 Å². The van der Waals surface area contributed by atoms with Crippen molar-refractivity contribution in [2.24, 2.45) is 5.92 Å². The maximum absolute atomic E-state index is 15.0. The molecular weight excluding hydrogens is 1390 g/mol. The first kappa shape index (κ1) is 79.1. The molecular formula is C67H90N12O22S2. The minimum atomic E-state index is -2.17. The minimum Gasteiger partial charge on any atom is -0.504 e. The minimum absolute atomic E-state index is 0.00548. The standard InChI is InChI=1S/C67H90N12O22S2/c1-36-31-78-57(58(36)88)63(93)69-30-43(83)28-47(70-59(89)40-11-9-39(10-12-40)48-33-79-67(71-48)102-64(75-79)41-13-15-45(16-14-41)98-46-19-23-76(24-20-46)22-6-4-5-7-25-97-3)60(90)72-54(37(2)82)65(94)77-32-44(84)29-49(77)61(91)73-55(52(87)26-38-8-17-50(85)53(27-38)99-103-101-100-96)62(92)74-56(66(78)95)51(86)18-21-68-42(34-80)35-81/h8-17,19,27,33,36-37,42-44,47,49,51-52,54-58,68,80-88,96H,4-7,18,20-26,28-32,34-35H2,1-3H3,(H,69,93)(H,70,89)(H,72,90)(H,73,91)(H,74,92)/t36-,37+,43+,44+,47?,49-,51+,52+,54-,55-,56-,57-,58-/m0/s1. The van der Waals surface area contributed by atoms with Crippen LogP contribution in [0.4, 0.5) is 0 Å². The number of nitrogens with zero attached hydrogens (tertiary/aromatic N) is 6. The van der Waals surface area contributed by atoms with E-state index < -0.39 is 184 Å². The molecule has 0 saturated carbocycles. The number of rotatable bonds is 28. The lowest BCUT2D eigenvalue weighted by atomic mass is 9.98. The third kappa shape index (κ3) is 20.9. The lowest BCUT2D eigenvalue weighted by Crippen LogP contribution is -2.64. The van der Waals surface area contributed by atoms with Gasteiger partial charge in [0.2, 0.25) is 40.4 Å². The Balaban J connectivity index is 0.942. The number of phenols is 1. The van der Waals surface area contributed by atoms with Crippen LogP contribution in [0, 0.1) is 5.92 Å². The number of aliphatic hydroxyl groups excluding tert-OH is 8. The van der Waals surface area contributed by atoms with Crippen molar-refractivity contribution < 1.29 is 108 Å². The molecule has 6 heterocycles. The van der Waals surface area contributed by atoms with Crippen molar-refractivity contribution in [3.63, 3.8) is 0 Å². The summed E-state index contributed by atoms with van der Waals surface area (Å²) < 4.78 is 22.4. The number of ether oxygens (including phenoxy) is 2. The van der Waals surface area contributed by atoms with Crippen LogP contribution in [0.2, 0.25) is 0 Å². The summed E-state index contributed by atoms with van der Waals surface area (Å²) >= 11 is 1.42. The van der Waals surface area contributed by atoms with Crippen molar-refractivity contribution in [1.29, 1.82) is 0 Å². The van der Waals surface area contributed by atoms with Gasteiger partial charge < -0.3 is 101 Å². The number of fused-ring (bicyclic) bond motifs is 3. The van der Waals surface area contributed by atoms with Crippen molar-refractivity contribution >= 4 is 70.0 Å². The van der Waals surface area contributed by atoms with Gasteiger partial charge in [0.15, 0.2) is 11.5 Å². The van der Waals surface area contributed by atoms with E-state index in [1.165, 1.54) is 42.9 Å². The molecule has 34 nitrogen and oxygen atoms in total. The molecule has 4 aliphatic heterocycles. The fourth-order valence-electron chi connectivity index (χ4n) is 12.6. The van der Waals surface area contributed by atoms with Gasteiger partial charge in [-0.1, -0.05) is 58.7 Å². The molecule has 562 valence electrons. The van der Waals surface area contributed by atoms with Crippen LogP contribution in [-0.4, -0.2) is 274 Å². The lowest BCUT2D eigenvalue weighted by Gasteiger charge is -2.34. The predicted molar refractivity (Wildman–Crippen MR) is 368 cm³/mol. The number of unbranched alkanes of at least 4 members (excludes halogenated alkanes) is 3. The summed E-state index contributed by atoms with van der Waals surface area (Å²) in [4.78, 5) is 112. The number of methoxy groups -OCH3 is 1. The van der Waals surface area contributed by atoms with Gasteiger partial charge in [-0.3, -0.25) is 38.5 Å². The van der Waals surface area contributed by atoms with Crippen LogP contribution in [0.3, 0.4) is 0 Å². The normalized spacial score (nSPS) is 24.5. The van der Waals surface area contributed by atoms with Crippen molar-refractivity contribution in [3.8, 4) is 39.1 Å². The van der Waals surface area contributed by atoms with Gasteiger partial charge >= 0.3 is 0 Å². The van der Waals surface area contributed by atoms with Gasteiger partial charge in [0.1, 0.15) is 52.8 Å². The van der Waals surface area contributed by atoms with E-state index in [4.69, 9.17) is 29.0 Å². The first-order chi connectivity index (χ1) is 49.5. The number of aromatic nitrogens is 3. The number of nitrogens with one attached hydrogen (secondary N) is 6. The summed E-state index contributed by atoms with van der Waals surface area (Å²) in [7, 11) is 1.73. The maximum Gasteiger partial charge on any atom is 0.261 e. The Bertz CT molecular complexity index is 3680. The Labute approximate surface area is 600 Å². The van der Waals surface area contributed by atoms with Crippen molar-refractivity contribution in [3.05, 3.63) is 95.9 Å². The second-order valence-corrected chi connectivity index (χ2v) is 27.4. The molecule has 2 aromatic heterocycles. The number of benzene rings is 3. The van der Waals surface area contributed by atoms with Crippen LogP contribution in [0.5, 0.6) is 17.2 Å². The van der Waals surface area contributed by atoms with Gasteiger partial charge in [0.25, 0.3) is 18.2 Å². The number of phenolic OH excluding ortho intramolecular Hbond substituents is 1. The summed E-state index contributed by atoms with van der Waals surface area (Å²) in [5.41, 5.74) is 2.06. The van der Waals surface area contributed by atoms with E-state index in [2.05, 4.69) is 52.2 Å². The molecule has 7 amide bonds. The van der Waals surface area contributed by atoms with E-state index in [1.54, 1.807) is 30.0 Å². The highest BCUT2D eigenvalue weighted by molar-refractivity contribution is 7.90. The Hall–Kier alpha value is -8.02. The number of hydrogen-bond donors (Lipinski definition) is 16. The average molecular weight is 1480 g/mol. The zero-order valence-electron chi connectivity index (χ0n) is 56.9. The smallest absolute Gasteiger partial charge is 0.261 e. The first-order valence-corrected chi connectivity index (χ1v) is 35.4. The monoisotopic (exact) mass is 1480 g/mol. The number of carbonyl (C=O) groups excluding carboxylic acids is 7. The Kier molecular flexibility index (Phi) is 28.9. The molecule has 36 heteroatoms. The molecule has 3 fully saturated rings. The predicted octanol–water partition coefficient (Wildman–Crippen LogP) is -1.35. The highest BCUT2D eigenvalue weighted by atomic mass is 32.2. The van der Waals surface area contributed by atoms with Crippen LogP contribution in [-0.2, 0) is 49.3 Å². The van der Waals surface area contributed by atoms with E-state index in [0.717, 1.165) is 92.1 Å². The number of imidazole rings is 1. The summed E-state index contributed by atoms with van der Waals surface area (Å²) in [6, 6.07) is 4.96. The van der Waals surface area contributed by atoms with Crippen LogP contribution in [0.15, 0.2) is 84.8 Å². The number of hydrogen-bond acceptors (Lipinski definition) is 28. The summed E-state index contributed by atoms with van der Waals surface area (Å²) in [5.74, 6) is -8.01. The molecule has 0 aliphatic carbocycles. The van der Waals surface area contributed by atoms with Gasteiger partial charge in [-0.05, 0) is 99.4 Å². The average Bonchev–Trinajstić information content (AvgIpc) is 1.65. The molecule has 9 rings (SSSR count). The molecule has 0 radical (unpaired) electrons. The van der Waals surface area contributed by atoms with E-state index >= 15 is 4.79 Å². The molecule has 103 heavy (non-hydrogen) atoms. The summed E-state index contributed by atoms with van der Waals surface area (Å²) in [6.07, 6.45) is -3.48. The second-order valence-electron chi connectivity index (χ2n) is 26.0. The van der Waals surface area contributed by atoms with Crippen LogP contribution < -0.4 is 40.8 Å². The fraction of sp³-hybridized carbons (Fsp3) is 0.537. The zero-order valence-corrected chi connectivity index (χ0v) is 58.5. The van der Waals surface area contributed by atoms with E-state index in [1.807, 2.05) is 24.3 Å². The number of β-amino-alcohol motifs (C(OH)–C–C–N with tert-alkyl or cyclic N) is 1. The van der Waals surface area contributed by atoms with E-state index in [9.17, 15) is 74.7 Å². The van der Waals surface area contributed by atoms with Gasteiger partial charge in [0.05, 0.1) is 67.8 Å². The Morgan fingerprint density at radius 3 is 2.20 bits per heavy atom. The molecule has 3 aromatic carbocycles. The highest BCUT2D eigenvalue weighted by Crippen LogP contribution is 2.34. The molecule has 4 aliphatic rings. The molecule has 1 unspecified atom stereocenters. The van der Waals surface area contributed by atoms with Gasteiger partial charge in [-0.2, -0.15) is 5.10 Å². The zero-order chi connectivity index (χ0) is 74.0. The largest absolute Gasteiger partial charge is 0.504 e. The van der Waals surface area contributed by atoms with Crippen LogP contribution >= 0.6 is 23.7 Å². The fourth-order valence-corrected chi connectivity index (χ4v) is 13.8. The second kappa shape index (κ2) is 37.6. The summed E-state index contributed by atoms with van der Waals surface area (Å²) in [5, 5.41) is 132. The lowest BCUT2D eigenvalue weighted by molar-refractivity contribution is -0.433. The van der Waals surface area contributed by atoms with Crippen molar-refractivity contribution in [2.45, 2.75) is 151 Å². The molecule has 5 aromatic rings. The first-order valence-electron chi connectivity index (χ1n) is 33.9. The quantitative estimate of drug-likeness (QED) is 0.0119.